The molecule has 0 radical (unpaired) electrons. The fraction of sp³-hybridized carbons (Fsp3) is 0.500. The second kappa shape index (κ2) is 4.97. The quantitative estimate of drug-likeness (QED) is 0.875. The first-order chi connectivity index (χ1) is 7.29. The van der Waals surface area contributed by atoms with E-state index in [1.54, 1.807) is 0 Å². The highest BCUT2D eigenvalue weighted by Gasteiger charge is 2.11. The molecule has 0 aromatic heterocycles. The molecule has 0 saturated heterocycles. The van der Waals surface area contributed by atoms with Crippen LogP contribution in [0.4, 0.5) is 0 Å². The summed E-state index contributed by atoms with van der Waals surface area (Å²) in [4.78, 5) is 0. The summed E-state index contributed by atoms with van der Waals surface area (Å²) in [6.07, 6.45) is 0.732. The summed E-state index contributed by atoms with van der Waals surface area (Å²) < 4.78 is 22.0. The van der Waals surface area contributed by atoms with E-state index in [-0.39, 0.29) is 12.2 Å². The first-order valence-corrected chi connectivity index (χ1v) is 7.28. The Hall–Kier alpha value is -0.870. The Labute approximate surface area is 97.0 Å². The molecule has 0 heterocycles. The fourth-order valence-electron chi connectivity index (χ4n) is 1.46. The molecule has 1 aromatic carbocycles. The lowest BCUT2D eigenvalue weighted by molar-refractivity contribution is 0.174. The van der Waals surface area contributed by atoms with E-state index in [4.69, 9.17) is 0 Å². The number of hydrogen-bond acceptors (Lipinski definition) is 3. The minimum Gasteiger partial charge on any atom is -0.388 e. The van der Waals surface area contributed by atoms with Crippen molar-refractivity contribution >= 4 is 9.84 Å². The zero-order valence-electron chi connectivity index (χ0n) is 9.90. The second-order valence-corrected chi connectivity index (χ2v) is 6.54. The number of aliphatic hydroxyl groups is 1. The van der Waals surface area contributed by atoms with Crippen LogP contribution in [0.25, 0.3) is 0 Å². The largest absolute Gasteiger partial charge is 0.388 e. The maximum Gasteiger partial charge on any atom is 0.147 e. The minimum absolute atomic E-state index is 0.0150. The fourth-order valence-corrected chi connectivity index (χ4v) is 2.12. The van der Waals surface area contributed by atoms with Gasteiger partial charge in [-0.25, -0.2) is 8.42 Å². The summed E-state index contributed by atoms with van der Waals surface area (Å²) in [5, 5.41) is 9.83. The van der Waals surface area contributed by atoms with Gasteiger partial charge in [-0.3, -0.25) is 0 Å². The third kappa shape index (κ3) is 3.94. The van der Waals surface area contributed by atoms with Crippen molar-refractivity contribution in [1.82, 2.24) is 0 Å². The molecule has 0 bridgehead atoms. The first kappa shape index (κ1) is 13.2. The van der Waals surface area contributed by atoms with E-state index < -0.39 is 15.9 Å². The molecule has 0 aliphatic rings. The Kier molecular flexibility index (Phi) is 4.10. The van der Waals surface area contributed by atoms with Crippen molar-refractivity contribution < 1.29 is 13.5 Å². The van der Waals surface area contributed by atoms with Gasteiger partial charge in [0, 0.05) is 6.26 Å². The molecule has 4 heteroatoms. The van der Waals surface area contributed by atoms with Gasteiger partial charge in [-0.15, -0.1) is 0 Å². The highest BCUT2D eigenvalue weighted by atomic mass is 32.2. The van der Waals surface area contributed by atoms with Gasteiger partial charge in [-0.1, -0.05) is 18.2 Å². The van der Waals surface area contributed by atoms with Crippen LogP contribution in [-0.2, 0) is 9.84 Å². The van der Waals surface area contributed by atoms with Crippen molar-refractivity contribution in [2.45, 2.75) is 26.4 Å². The number of benzene rings is 1. The molecule has 0 saturated carbocycles. The lowest BCUT2D eigenvalue weighted by Crippen LogP contribution is -2.08. The number of aryl methyl sites for hydroxylation is 2. The lowest BCUT2D eigenvalue weighted by atomic mass is 10.0. The maximum absolute atomic E-state index is 11.0. The van der Waals surface area contributed by atoms with Crippen LogP contribution in [0.5, 0.6) is 0 Å². The summed E-state index contributed by atoms with van der Waals surface area (Å²) in [6.45, 7) is 3.98. The third-order valence-electron chi connectivity index (χ3n) is 2.68. The van der Waals surface area contributed by atoms with Gasteiger partial charge in [-0.05, 0) is 37.0 Å². The summed E-state index contributed by atoms with van der Waals surface area (Å²) in [7, 11) is -3.01. The predicted molar refractivity (Wildman–Crippen MR) is 65.2 cm³/mol. The van der Waals surface area contributed by atoms with Gasteiger partial charge in [0.1, 0.15) is 9.84 Å². The van der Waals surface area contributed by atoms with Crippen LogP contribution >= 0.6 is 0 Å². The molecule has 0 spiro atoms. The summed E-state index contributed by atoms with van der Waals surface area (Å²) >= 11 is 0. The first-order valence-electron chi connectivity index (χ1n) is 5.22. The van der Waals surface area contributed by atoms with Gasteiger partial charge in [0.05, 0.1) is 11.9 Å². The van der Waals surface area contributed by atoms with Crippen LogP contribution in [0.1, 0.15) is 29.2 Å². The molecule has 1 aromatic rings. The molecular weight excluding hydrogens is 224 g/mol. The summed E-state index contributed by atoms with van der Waals surface area (Å²) in [5.41, 5.74) is 3.06. The smallest absolute Gasteiger partial charge is 0.147 e. The molecule has 90 valence electrons. The Morgan fingerprint density at radius 2 is 1.88 bits per heavy atom. The molecule has 0 amide bonds. The molecular formula is C12H18O3S. The standard InChI is InChI=1S/C12H18O3S/c1-9-4-5-11(8-10(9)2)12(13)6-7-16(3,14)15/h4-5,8,12-13H,6-7H2,1-3H3. The number of hydrogen-bond donors (Lipinski definition) is 1. The van der Waals surface area contributed by atoms with Gasteiger partial charge >= 0.3 is 0 Å². The van der Waals surface area contributed by atoms with E-state index in [0.717, 1.165) is 11.1 Å². The van der Waals surface area contributed by atoms with E-state index in [2.05, 4.69) is 0 Å². The summed E-state index contributed by atoms with van der Waals surface area (Å²) in [5.74, 6) is 0.0150. The molecule has 1 unspecified atom stereocenters. The van der Waals surface area contributed by atoms with Crippen molar-refractivity contribution in [3.05, 3.63) is 34.9 Å². The molecule has 0 aliphatic heterocycles. The molecule has 0 aliphatic carbocycles. The van der Waals surface area contributed by atoms with E-state index in [0.29, 0.717) is 0 Å². The number of rotatable bonds is 4. The monoisotopic (exact) mass is 242 g/mol. The highest BCUT2D eigenvalue weighted by Crippen LogP contribution is 2.20. The van der Waals surface area contributed by atoms with Crippen LogP contribution in [0.3, 0.4) is 0 Å². The molecule has 1 N–H and O–H groups in total. The third-order valence-corrected chi connectivity index (χ3v) is 3.66. The molecule has 3 nitrogen and oxygen atoms in total. The average molecular weight is 242 g/mol. The molecule has 1 rings (SSSR count). The van der Waals surface area contributed by atoms with E-state index >= 15 is 0 Å². The highest BCUT2D eigenvalue weighted by molar-refractivity contribution is 7.90. The molecule has 1 atom stereocenters. The van der Waals surface area contributed by atoms with Gasteiger partial charge in [-0.2, -0.15) is 0 Å². The van der Waals surface area contributed by atoms with Crippen LogP contribution in [0.15, 0.2) is 18.2 Å². The van der Waals surface area contributed by atoms with Gasteiger partial charge < -0.3 is 5.11 Å². The number of sulfone groups is 1. The van der Waals surface area contributed by atoms with Crippen LogP contribution < -0.4 is 0 Å². The average Bonchev–Trinajstić information content (AvgIpc) is 2.17. The maximum atomic E-state index is 11.0. The Morgan fingerprint density at radius 1 is 1.25 bits per heavy atom. The van der Waals surface area contributed by atoms with Crippen molar-refractivity contribution in [2.24, 2.45) is 0 Å². The Bertz CT molecular complexity index is 463. The SMILES string of the molecule is Cc1ccc(C(O)CCS(C)(=O)=O)cc1C. The van der Waals surface area contributed by atoms with Crippen molar-refractivity contribution in [1.29, 1.82) is 0 Å². The number of aliphatic hydroxyl groups excluding tert-OH is 1. The van der Waals surface area contributed by atoms with Gasteiger partial charge in [0.25, 0.3) is 0 Å². The second-order valence-electron chi connectivity index (χ2n) is 4.28. The van der Waals surface area contributed by atoms with Crippen LogP contribution in [-0.4, -0.2) is 25.5 Å². The lowest BCUT2D eigenvalue weighted by Gasteiger charge is -2.12. The Balaban J connectivity index is 2.73. The molecule has 16 heavy (non-hydrogen) atoms. The zero-order valence-corrected chi connectivity index (χ0v) is 10.7. The van der Waals surface area contributed by atoms with E-state index in [1.165, 1.54) is 11.8 Å². The van der Waals surface area contributed by atoms with Gasteiger partial charge in [0.15, 0.2) is 0 Å². The topological polar surface area (TPSA) is 54.4 Å². The summed E-state index contributed by atoms with van der Waals surface area (Å²) in [6, 6.07) is 5.69. The minimum atomic E-state index is -3.01. The van der Waals surface area contributed by atoms with Gasteiger partial charge in [0.2, 0.25) is 0 Å². The van der Waals surface area contributed by atoms with Crippen LogP contribution in [0, 0.1) is 13.8 Å². The normalized spacial score (nSPS) is 13.8. The van der Waals surface area contributed by atoms with Crippen molar-refractivity contribution in [2.75, 3.05) is 12.0 Å². The zero-order chi connectivity index (χ0) is 12.3. The van der Waals surface area contributed by atoms with Crippen molar-refractivity contribution in [3.63, 3.8) is 0 Å². The predicted octanol–water partition coefficient (Wildman–Crippen LogP) is 1.77. The van der Waals surface area contributed by atoms with E-state index in [9.17, 15) is 13.5 Å². The Morgan fingerprint density at radius 3 is 2.38 bits per heavy atom. The van der Waals surface area contributed by atoms with Crippen LogP contribution in [0.2, 0.25) is 0 Å². The molecule has 0 fully saturated rings. The van der Waals surface area contributed by atoms with Crippen molar-refractivity contribution in [3.8, 4) is 0 Å². The van der Waals surface area contributed by atoms with E-state index in [1.807, 2.05) is 32.0 Å².